The van der Waals surface area contributed by atoms with E-state index in [1.165, 1.54) is 0 Å². The molecule has 4 rings (SSSR count). The first-order chi connectivity index (χ1) is 15.9. The average molecular weight is 471 g/mol. The largest absolute Gasteiger partial charge is 0.312 e. The summed E-state index contributed by atoms with van der Waals surface area (Å²) in [7, 11) is -3.68. The van der Waals surface area contributed by atoms with E-state index in [9.17, 15) is 13.2 Å². The van der Waals surface area contributed by atoms with Gasteiger partial charge in [0.15, 0.2) is 0 Å². The normalized spacial score (nSPS) is 18.2. The fourth-order valence-electron chi connectivity index (χ4n) is 4.66. The fourth-order valence-corrected chi connectivity index (χ4v) is 5.89. The fraction of sp³-hybridized carbons (Fsp3) is 0.480. The molecule has 2 saturated heterocycles. The molecule has 8 heteroatoms. The van der Waals surface area contributed by atoms with Crippen molar-refractivity contribution in [1.29, 1.82) is 0 Å². The number of carbonyl (C=O) groups is 1. The molecule has 2 heterocycles. The number of hydrogen-bond donors (Lipinski definition) is 1. The van der Waals surface area contributed by atoms with Crippen LogP contribution in [-0.4, -0.2) is 63.4 Å². The molecule has 2 aliphatic heterocycles. The van der Waals surface area contributed by atoms with E-state index in [0.29, 0.717) is 18.5 Å². The van der Waals surface area contributed by atoms with Crippen LogP contribution < -0.4 is 9.62 Å². The summed E-state index contributed by atoms with van der Waals surface area (Å²) in [5.74, 6) is 0.0934. The van der Waals surface area contributed by atoms with Crippen molar-refractivity contribution in [3.05, 3.63) is 59.2 Å². The molecule has 2 fully saturated rings. The van der Waals surface area contributed by atoms with Crippen molar-refractivity contribution in [2.75, 3.05) is 44.2 Å². The zero-order valence-corrected chi connectivity index (χ0v) is 20.4. The topological polar surface area (TPSA) is 73.0 Å². The lowest BCUT2D eigenvalue weighted by molar-refractivity contribution is -0.117. The Morgan fingerprint density at radius 1 is 0.939 bits per heavy atom. The Labute approximate surface area is 197 Å². The molecule has 0 aliphatic carbocycles. The molecule has 178 valence electrons. The summed E-state index contributed by atoms with van der Waals surface area (Å²) >= 11 is 0. The summed E-state index contributed by atoms with van der Waals surface area (Å²) in [6.07, 6.45) is 1.39. The number of amides is 1. The van der Waals surface area contributed by atoms with Crippen molar-refractivity contribution >= 4 is 21.6 Å². The zero-order chi connectivity index (χ0) is 23.4. The summed E-state index contributed by atoms with van der Waals surface area (Å²) in [5.41, 5.74) is 3.56. The monoisotopic (exact) mass is 470 g/mol. The number of likely N-dealkylation sites (N-methyl/N-ethyl adjacent to an activating group) is 1. The second-order valence-electron chi connectivity index (χ2n) is 8.90. The van der Waals surface area contributed by atoms with E-state index in [0.717, 1.165) is 62.5 Å². The molecule has 1 amide bonds. The summed E-state index contributed by atoms with van der Waals surface area (Å²) in [5, 5.41) is 0. The van der Waals surface area contributed by atoms with E-state index in [-0.39, 0.29) is 17.3 Å². The van der Waals surface area contributed by atoms with Crippen LogP contribution in [0, 0.1) is 6.92 Å². The molecule has 0 bridgehead atoms. The van der Waals surface area contributed by atoms with E-state index in [2.05, 4.69) is 27.5 Å². The molecule has 2 aromatic rings. The van der Waals surface area contributed by atoms with Crippen LogP contribution in [0.1, 0.15) is 36.5 Å². The van der Waals surface area contributed by atoms with Gasteiger partial charge in [-0.2, -0.15) is 0 Å². The second-order valence-corrected chi connectivity index (χ2v) is 10.6. The van der Waals surface area contributed by atoms with Crippen molar-refractivity contribution in [2.45, 2.75) is 44.7 Å². The molecular weight excluding hydrogens is 436 g/mol. The highest BCUT2D eigenvalue weighted by molar-refractivity contribution is 7.89. The third kappa shape index (κ3) is 5.63. The molecule has 0 unspecified atom stereocenters. The number of nitrogens with one attached hydrogen (secondary N) is 1. The molecule has 2 aromatic carbocycles. The maximum absolute atomic E-state index is 13.1. The predicted molar refractivity (Wildman–Crippen MR) is 131 cm³/mol. The lowest BCUT2D eigenvalue weighted by Gasteiger charge is -2.34. The number of rotatable bonds is 8. The Morgan fingerprint density at radius 2 is 1.64 bits per heavy atom. The van der Waals surface area contributed by atoms with Gasteiger partial charge in [-0.3, -0.25) is 9.69 Å². The third-order valence-corrected chi connectivity index (χ3v) is 8.27. The summed E-state index contributed by atoms with van der Waals surface area (Å²) in [6.45, 7) is 11.0. The highest BCUT2D eigenvalue weighted by Gasteiger charge is 2.24. The van der Waals surface area contributed by atoms with Crippen LogP contribution in [-0.2, 0) is 27.9 Å². The minimum absolute atomic E-state index is 0.0934. The second kappa shape index (κ2) is 10.3. The first-order valence-corrected chi connectivity index (χ1v) is 13.3. The minimum atomic E-state index is -3.68. The van der Waals surface area contributed by atoms with Gasteiger partial charge in [0, 0.05) is 57.9 Å². The number of piperazine rings is 1. The van der Waals surface area contributed by atoms with Crippen molar-refractivity contribution in [3.8, 4) is 0 Å². The van der Waals surface area contributed by atoms with E-state index < -0.39 is 10.0 Å². The number of sulfonamides is 1. The molecular formula is C25H34N4O3S. The molecule has 0 atom stereocenters. The Hall–Kier alpha value is -2.26. The molecule has 33 heavy (non-hydrogen) atoms. The summed E-state index contributed by atoms with van der Waals surface area (Å²) in [6, 6.07) is 13.2. The van der Waals surface area contributed by atoms with Gasteiger partial charge in [-0.1, -0.05) is 31.2 Å². The molecule has 0 aromatic heterocycles. The van der Waals surface area contributed by atoms with Gasteiger partial charge in [-0.25, -0.2) is 13.1 Å². The minimum Gasteiger partial charge on any atom is -0.312 e. The Morgan fingerprint density at radius 3 is 2.27 bits per heavy atom. The van der Waals surface area contributed by atoms with Gasteiger partial charge in [0.25, 0.3) is 0 Å². The standard InChI is InChI=1S/C25H34N4O3S/c1-3-27-13-15-28(16-14-27)19-22-8-5-4-7-21(22)18-26-33(31,32)24-11-10-23(17-20(24)2)29-12-6-9-25(29)30/h4-5,7-8,10-11,17,26H,3,6,9,12-16,18-19H2,1-2H3. The lowest BCUT2D eigenvalue weighted by Crippen LogP contribution is -2.45. The van der Waals surface area contributed by atoms with Crippen LogP contribution in [0.4, 0.5) is 5.69 Å². The summed E-state index contributed by atoms with van der Waals surface area (Å²) < 4.78 is 29.0. The zero-order valence-electron chi connectivity index (χ0n) is 19.6. The number of anilines is 1. The Kier molecular flexibility index (Phi) is 7.48. The molecule has 0 saturated carbocycles. The maximum Gasteiger partial charge on any atom is 0.241 e. The van der Waals surface area contributed by atoms with Crippen molar-refractivity contribution in [3.63, 3.8) is 0 Å². The third-order valence-electron chi connectivity index (χ3n) is 6.71. The molecule has 1 N–H and O–H groups in total. The quantitative estimate of drug-likeness (QED) is 0.642. The smallest absolute Gasteiger partial charge is 0.241 e. The van der Waals surface area contributed by atoms with Gasteiger partial charge in [-0.05, 0) is 54.8 Å². The van der Waals surface area contributed by atoms with Crippen LogP contribution in [0.3, 0.4) is 0 Å². The summed E-state index contributed by atoms with van der Waals surface area (Å²) in [4.78, 5) is 18.9. The van der Waals surface area contributed by atoms with E-state index >= 15 is 0 Å². The maximum atomic E-state index is 13.1. The van der Waals surface area contributed by atoms with Crippen molar-refractivity contribution in [2.24, 2.45) is 0 Å². The van der Waals surface area contributed by atoms with Crippen molar-refractivity contribution in [1.82, 2.24) is 14.5 Å². The van der Waals surface area contributed by atoms with Gasteiger partial charge < -0.3 is 9.80 Å². The molecule has 0 spiro atoms. The molecule has 7 nitrogen and oxygen atoms in total. The Bertz CT molecular complexity index is 1090. The van der Waals surface area contributed by atoms with E-state index in [4.69, 9.17) is 0 Å². The average Bonchev–Trinajstić information content (AvgIpc) is 3.24. The van der Waals surface area contributed by atoms with Crippen LogP contribution in [0.25, 0.3) is 0 Å². The number of nitrogens with zero attached hydrogens (tertiary/aromatic N) is 3. The van der Waals surface area contributed by atoms with Gasteiger partial charge in [-0.15, -0.1) is 0 Å². The van der Waals surface area contributed by atoms with Gasteiger partial charge >= 0.3 is 0 Å². The van der Waals surface area contributed by atoms with Crippen LogP contribution in [0.15, 0.2) is 47.4 Å². The van der Waals surface area contributed by atoms with Crippen LogP contribution in [0.5, 0.6) is 0 Å². The number of aryl methyl sites for hydroxylation is 1. The van der Waals surface area contributed by atoms with Crippen LogP contribution in [0.2, 0.25) is 0 Å². The van der Waals surface area contributed by atoms with Crippen LogP contribution >= 0.6 is 0 Å². The molecule has 2 aliphatic rings. The lowest BCUT2D eigenvalue weighted by atomic mass is 10.1. The predicted octanol–water partition coefficient (Wildman–Crippen LogP) is 2.74. The highest BCUT2D eigenvalue weighted by atomic mass is 32.2. The van der Waals surface area contributed by atoms with E-state index in [1.807, 2.05) is 18.2 Å². The SMILES string of the molecule is CCN1CCN(Cc2ccccc2CNS(=O)(=O)c2ccc(N3CCCC3=O)cc2C)CC1. The molecule has 0 radical (unpaired) electrons. The van der Waals surface area contributed by atoms with Gasteiger partial charge in [0.05, 0.1) is 4.90 Å². The first-order valence-electron chi connectivity index (χ1n) is 11.8. The van der Waals surface area contributed by atoms with Gasteiger partial charge in [0.2, 0.25) is 15.9 Å². The number of carbonyl (C=O) groups excluding carboxylic acids is 1. The Balaban J connectivity index is 1.43. The number of hydrogen-bond acceptors (Lipinski definition) is 5. The first kappa shape index (κ1) is 23.9. The van der Waals surface area contributed by atoms with Gasteiger partial charge in [0.1, 0.15) is 0 Å². The highest BCUT2D eigenvalue weighted by Crippen LogP contribution is 2.26. The number of benzene rings is 2. The van der Waals surface area contributed by atoms with Crippen molar-refractivity contribution < 1.29 is 13.2 Å². The van der Waals surface area contributed by atoms with E-state index in [1.54, 1.807) is 30.0 Å².